The Labute approximate surface area is 123 Å². The third kappa shape index (κ3) is 5.55. The van der Waals surface area contributed by atoms with Crippen LogP contribution in [-0.4, -0.2) is 37.3 Å². The maximum Gasteiger partial charge on any atom is 0.401 e. The quantitative estimate of drug-likeness (QED) is 0.839. The van der Waals surface area contributed by atoms with Gasteiger partial charge in [-0.15, -0.1) is 0 Å². The minimum Gasteiger partial charge on any atom is -0.497 e. The van der Waals surface area contributed by atoms with Crippen molar-refractivity contribution in [1.29, 1.82) is 0 Å². The molecule has 0 aromatic heterocycles. The molecule has 1 aromatic rings. The van der Waals surface area contributed by atoms with Crippen molar-refractivity contribution in [2.24, 2.45) is 5.73 Å². The van der Waals surface area contributed by atoms with Gasteiger partial charge < -0.3 is 10.5 Å². The maximum atomic E-state index is 12.8. The van der Waals surface area contributed by atoms with Crippen molar-refractivity contribution >= 4 is 0 Å². The molecule has 2 N–H and O–H groups in total. The molecule has 2 atom stereocenters. The average Bonchev–Trinajstić information content (AvgIpc) is 2.37. The summed E-state index contributed by atoms with van der Waals surface area (Å²) in [5.74, 6) is 0.613. The van der Waals surface area contributed by atoms with Crippen molar-refractivity contribution in [3.63, 3.8) is 0 Å². The lowest BCUT2D eigenvalue weighted by molar-refractivity contribution is -0.152. The molecule has 0 heterocycles. The smallest absolute Gasteiger partial charge is 0.401 e. The molecule has 0 aliphatic heterocycles. The highest BCUT2D eigenvalue weighted by molar-refractivity contribution is 5.31. The number of methoxy groups -OCH3 is 1. The number of hydrogen-bond acceptors (Lipinski definition) is 3. The van der Waals surface area contributed by atoms with Gasteiger partial charge in [0.25, 0.3) is 0 Å². The molecule has 120 valence electrons. The fraction of sp³-hybridized carbons (Fsp3) is 0.600. The molecule has 0 saturated carbocycles. The summed E-state index contributed by atoms with van der Waals surface area (Å²) in [7, 11) is 1.53. The van der Waals surface area contributed by atoms with Crippen molar-refractivity contribution in [2.75, 3.05) is 20.2 Å². The fourth-order valence-electron chi connectivity index (χ4n) is 2.51. The van der Waals surface area contributed by atoms with Gasteiger partial charge in [0.2, 0.25) is 0 Å². The van der Waals surface area contributed by atoms with Crippen LogP contribution in [0.4, 0.5) is 13.2 Å². The lowest BCUT2D eigenvalue weighted by atomic mass is 9.98. The van der Waals surface area contributed by atoms with Gasteiger partial charge in [-0.3, -0.25) is 4.90 Å². The zero-order valence-electron chi connectivity index (χ0n) is 12.7. The van der Waals surface area contributed by atoms with Gasteiger partial charge in [-0.25, -0.2) is 0 Å². The van der Waals surface area contributed by atoms with E-state index in [1.54, 1.807) is 31.2 Å². The van der Waals surface area contributed by atoms with Crippen LogP contribution in [0.2, 0.25) is 0 Å². The second-order valence-corrected chi connectivity index (χ2v) is 5.17. The number of rotatable bonds is 7. The molecule has 0 aliphatic carbocycles. The highest BCUT2D eigenvalue weighted by Gasteiger charge is 2.35. The Hall–Kier alpha value is -1.27. The van der Waals surface area contributed by atoms with E-state index < -0.39 is 24.8 Å². The first-order chi connectivity index (χ1) is 9.78. The van der Waals surface area contributed by atoms with Crippen LogP contribution in [0.1, 0.15) is 31.9 Å². The van der Waals surface area contributed by atoms with Gasteiger partial charge in [0.15, 0.2) is 0 Å². The number of halogens is 3. The SMILES string of the molecule is CCCN(CC(F)(F)F)C(c1cccc(OC)c1)C(C)N. The molecular weight excluding hydrogens is 281 g/mol. The average molecular weight is 304 g/mol. The Kier molecular flexibility index (Phi) is 6.48. The molecule has 0 aliphatic rings. The van der Waals surface area contributed by atoms with E-state index in [0.717, 1.165) is 5.56 Å². The summed E-state index contributed by atoms with van der Waals surface area (Å²) in [5.41, 5.74) is 6.70. The van der Waals surface area contributed by atoms with Gasteiger partial charge in [-0.2, -0.15) is 13.2 Å². The van der Waals surface area contributed by atoms with Crippen LogP contribution < -0.4 is 10.5 Å². The Morgan fingerprint density at radius 1 is 1.33 bits per heavy atom. The van der Waals surface area contributed by atoms with Crippen LogP contribution in [0.25, 0.3) is 0 Å². The largest absolute Gasteiger partial charge is 0.497 e. The Bertz CT molecular complexity index is 435. The number of nitrogens with two attached hydrogens (primary N) is 1. The van der Waals surface area contributed by atoms with Crippen LogP contribution in [0.3, 0.4) is 0 Å². The van der Waals surface area contributed by atoms with Crippen LogP contribution >= 0.6 is 0 Å². The first kappa shape index (κ1) is 17.8. The molecule has 3 nitrogen and oxygen atoms in total. The summed E-state index contributed by atoms with van der Waals surface area (Å²) in [4.78, 5) is 1.39. The number of alkyl halides is 3. The van der Waals surface area contributed by atoms with Gasteiger partial charge in [-0.1, -0.05) is 19.1 Å². The van der Waals surface area contributed by atoms with Crippen LogP contribution in [-0.2, 0) is 0 Å². The first-order valence-electron chi connectivity index (χ1n) is 6.98. The molecule has 0 spiro atoms. The van der Waals surface area contributed by atoms with Crippen molar-refractivity contribution < 1.29 is 17.9 Å². The van der Waals surface area contributed by atoms with Gasteiger partial charge in [0.05, 0.1) is 19.7 Å². The number of ether oxygens (including phenoxy) is 1. The first-order valence-corrected chi connectivity index (χ1v) is 6.98. The summed E-state index contributed by atoms with van der Waals surface area (Å²) in [5, 5.41) is 0. The van der Waals surface area contributed by atoms with E-state index >= 15 is 0 Å². The fourth-order valence-corrected chi connectivity index (χ4v) is 2.51. The minimum absolute atomic E-state index is 0.336. The molecule has 21 heavy (non-hydrogen) atoms. The second kappa shape index (κ2) is 7.66. The summed E-state index contributed by atoms with van der Waals surface area (Å²) in [6.07, 6.45) is -3.62. The van der Waals surface area contributed by atoms with Crippen LogP contribution in [0, 0.1) is 0 Å². The molecule has 0 fully saturated rings. The highest BCUT2D eigenvalue weighted by Crippen LogP contribution is 2.29. The molecule has 1 rings (SSSR count). The molecule has 1 aromatic carbocycles. The van der Waals surface area contributed by atoms with Crippen molar-refractivity contribution in [2.45, 2.75) is 38.5 Å². The standard InChI is InChI=1S/C15H23F3N2O/c1-4-8-20(10-15(16,17)18)14(11(2)19)12-6-5-7-13(9-12)21-3/h5-7,9,11,14H,4,8,10,19H2,1-3H3. The van der Waals surface area contributed by atoms with Crippen molar-refractivity contribution in [3.05, 3.63) is 29.8 Å². The summed E-state index contributed by atoms with van der Waals surface area (Å²) in [6, 6.07) is 6.13. The molecule has 0 radical (unpaired) electrons. The predicted octanol–water partition coefficient (Wildman–Crippen LogP) is 3.36. The lowest BCUT2D eigenvalue weighted by Crippen LogP contribution is -2.44. The van der Waals surface area contributed by atoms with E-state index in [4.69, 9.17) is 10.5 Å². The molecule has 0 bridgehead atoms. The van der Waals surface area contributed by atoms with E-state index in [1.807, 2.05) is 6.92 Å². The van der Waals surface area contributed by atoms with E-state index in [-0.39, 0.29) is 0 Å². The van der Waals surface area contributed by atoms with Gasteiger partial charge in [-0.05, 0) is 37.6 Å². The summed E-state index contributed by atoms with van der Waals surface area (Å²) >= 11 is 0. The molecular formula is C15H23F3N2O. The monoisotopic (exact) mass is 304 g/mol. The van der Waals surface area contributed by atoms with Gasteiger partial charge in [0.1, 0.15) is 5.75 Å². The lowest BCUT2D eigenvalue weighted by Gasteiger charge is -2.35. The Morgan fingerprint density at radius 3 is 2.48 bits per heavy atom. The van der Waals surface area contributed by atoms with E-state index in [9.17, 15) is 13.2 Å². The van der Waals surface area contributed by atoms with E-state index in [2.05, 4.69) is 0 Å². The normalized spacial score (nSPS) is 15.0. The van der Waals surface area contributed by atoms with Crippen molar-refractivity contribution in [3.8, 4) is 5.75 Å². The Morgan fingerprint density at radius 2 is 2.00 bits per heavy atom. The number of hydrogen-bond donors (Lipinski definition) is 1. The van der Waals surface area contributed by atoms with E-state index in [1.165, 1.54) is 12.0 Å². The number of nitrogens with zero attached hydrogens (tertiary/aromatic N) is 1. The van der Waals surface area contributed by atoms with Gasteiger partial charge in [0, 0.05) is 6.04 Å². The highest BCUT2D eigenvalue weighted by atomic mass is 19.4. The third-order valence-corrected chi connectivity index (χ3v) is 3.22. The minimum atomic E-state index is -4.25. The van der Waals surface area contributed by atoms with Crippen LogP contribution in [0.5, 0.6) is 5.75 Å². The molecule has 0 saturated heterocycles. The summed E-state index contributed by atoms with van der Waals surface area (Å²) < 4.78 is 43.6. The second-order valence-electron chi connectivity index (χ2n) is 5.17. The van der Waals surface area contributed by atoms with Crippen molar-refractivity contribution in [1.82, 2.24) is 4.90 Å². The molecule has 0 amide bonds. The number of benzene rings is 1. The molecule has 6 heteroatoms. The maximum absolute atomic E-state index is 12.8. The summed E-state index contributed by atoms with van der Waals surface area (Å²) in [6.45, 7) is 2.95. The zero-order valence-corrected chi connectivity index (χ0v) is 12.7. The third-order valence-electron chi connectivity index (χ3n) is 3.22. The van der Waals surface area contributed by atoms with Crippen LogP contribution in [0.15, 0.2) is 24.3 Å². The zero-order chi connectivity index (χ0) is 16.0. The van der Waals surface area contributed by atoms with E-state index in [0.29, 0.717) is 18.7 Å². The van der Waals surface area contributed by atoms with Gasteiger partial charge >= 0.3 is 6.18 Å². The Balaban J connectivity index is 3.11. The predicted molar refractivity (Wildman–Crippen MR) is 77.3 cm³/mol. The molecule has 2 unspecified atom stereocenters. The topological polar surface area (TPSA) is 38.5 Å².